The number of rotatable bonds is 6. The highest BCUT2D eigenvalue weighted by Crippen LogP contribution is 2.56. The predicted molar refractivity (Wildman–Crippen MR) is 396 cm³/mol. The van der Waals surface area contributed by atoms with Crippen molar-refractivity contribution in [1.82, 2.24) is 9.13 Å². The minimum atomic E-state index is -0.183. The lowest BCUT2D eigenvalue weighted by Gasteiger charge is -2.47. The Bertz CT molecular complexity index is 5060. The van der Waals surface area contributed by atoms with Crippen LogP contribution in [0, 0.1) is 0 Å². The van der Waals surface area contributed by atoms with Crippen molar-refractivity contribution < 1.29 is 0 Å². The summed E-state index contributed by atoms with van der Waals surface area (Å²) in [6.07, 6.45) is 0. The highest BCUT2D eigenvalue weighted by atomic mass is 15.2. The molecule has 16 rings (SSSR count). The van der Waals surface area contributed by atoms with Crippen molar-refractivity contribution in [3.05, 3.63) is 252 Å². The van der Waals surface area contributed by atoms with Gasteiger partial charge in [-0.3, -0.25) is 0 Å². The first-order chi connectivity index (χ1) is 43.8. The van der Waals surface area contributed by atoms with Gasteiger partial charge in [0.25, 0.3) is 6.71 Å². The van der Waals surface area contributed by atoms with Crippen LogP contribution in [0.15, 0.2) is 224 Å². The van der Waals surface area contributed by atoms with E-state index in [1.54, 1.807) is 0 Å². The maximum absolute atomic E-state index is 2.72. The highest BCUT2D eigenvalue weighted by molar-refractivity contribution is 7.00. The predicted octanol–water partition coefficient (Wildman–Crippen LogP) is 21.9. The third kappa shape index (κ3) is 8.94. The molecule has 0 spiro atoms. The summed E-state index contributed by atoms with van der Waals surface area (Å²) in [7, 11) is 0. The molecule has 0 saturated carbocycles. The zero-order valence-electron chi connectivity index (χ0n) is 56.2. The van der Waals surface area contributed by atoms with Crippen LogP contribution in [0.25, 0.3) is 66.1 Å². The van der Waals surface area contributed by atoms with Crippen LogP contribution < -0.4 is 31.1 Å². The first-order valence-electron chi connectivity index (χ1n) is 33.2. The number of hydrogen-bond acceptors (Lipinski definition) is 3. The quantitative estimate of drug-likeness (QED) is 0.155. The summed E-state index contributed by atoms with van der Waals surface area (Å²) in [4.78, 5) is 7.82. The minimum Gasteiger partial charge on any atom is -0.311 e. The van der Waals surface area contributed by atoms with Gasteiger partial charge in [0.2, 0.25) is 0 Å². The van der Waals surface area contributed by atoms with Gasteiger partial charge in [0.05, 0.1) is 44.8 Å². The fourth-order valence-corrected chi connectivity index (χ4v) is 15.2. The molecule has 0 atom stereocenters. The van der Waals surface area contributed by atoms with Gasteiger partial charge in [0.1, 0.15) is 0 Å². The normalized spacial score (nSPS) is 13.8. The fraction of sp³-hybridized carbons (Fsp3) is 0.233. The van der Waals surface area contributed by atoms with Crippen molar-refractivity contribution >= 4 is 118 Å². The van der Waals surface area contributed by atoms with Crippen LogP contribution in [0.1, 0.15) is 132 Å². The molecule has 92 heavy (non-hydrogen) atoms. The van der Waals surface area contributed by atoms with Crippen molar-refractivity contribution in [3.8, 4) is 22.5 Å². The van der Waals surface area contributed by atoms with E-state index in [0.717, 1.165) is 39.8 Å². The van der Waals surface area contributed by atoms with Crippen LogP contribution in [0.3, 0.4) is 0 Å². The van der Waals surface area contributed by atoms with E-state index < -0.39 is 0 Å². The lowest BCUT2D eigenvalue weighted by Crippen LogP contribution is -2.62. The van der Waals surface area contributed by atoms with Crippen molar-refractivity contribution in [2.75, 3.05) is 14.7 Å². The van der Waals surface area contributed by atoms with Gasteiger partial charge in [-0.15, -0.1) is 0 Å². The smallest absolute Gasteiger partial charge is 0.252 e. The molecule has 0 bridgehead atoms. The molecular weight excluding hydrogens is 1110 g/mol. The summed E-state index contributed by atoms with van der Waals surface area (Å²) in [5.41, 5.74) is 30.0. The van der Waals surface area contributed by atoms with E-state index in [9.17, 15) is 0 Å². The molecule has 3 aliphatic rings. The average molecular weight is 1200 g/mol. The summed E-state index contributed by atoms with van der Waals surface area (Å²) >= 11 is 0. The van der Waals surface area contributed by atoms with Crippen LogP contribution in [-0.4, -0.2) is 15.8 Å². The number of aromatic nitrogens is 2. The molecule has 0 unspecified atom stereocenters. The van der Waals surface area contributed by atoms with Gasteiger partial charge in [-0.2, -0.15) is 0 Å². The second kappa shape index (κ2) is 20.0. The number of para-hydroxylation sites is 2. The topological polar surface area (TPSA) is 19.6 Å². The van der Waals surface area contributed by atoms with Crippen LogP contribution in [0.4, 0.5) is 51.2 Å². The molecule has 5 heterocycles. The minimum absolute atomic E-state index is 0.0272. The molecule has 0 aliphatic carbocycles. The Hall–Kier alpha value is -9.52. The van der Waals surface area contributed by atoms with Gasteiger partial charge in [-0.05, 0) is 198 Å². The van der Waals surface area contributed by atoms with E-state index in [1.165, 1.54) is 122 Å². The van der Waals surface area contributed by atoms with E-state index >= 15 is 0 Å². The molecule has 454 valence electrons. The van der Waals surface area contributed by atoms with E-state index in [-0.39, 0.29) is 33.8 Å². The third-order valence-electron chi connectivity index (χ3n) is 20.3. The standard InChI is InChI=1S/C86H82BN5/c1-82(2,3)55-33-40-71-65(43-55)66-44-56(83(4,5)6)34-41-72(66)90(71)63-38-39-69-74(50-63)89(62-36-31-54(32-37-62)53-25-19-16-20-26-53)75-51-64(88(60-27-21-17-22-28-60)61-29-23-18-24-30-61)52-76-79(75)87(69)70-47-59(86(13,14)15)49-78-81(70)92(76)77-48-58(85(10,11)12)46-68-67-45-57(84(7,8)9)35-42-73(67)91(78)80(68)77/h16-52H,1-15H3. The first-order valence-corrected chi connectivity index (χ1v) is 33.2. The highest BCUT2D eigenvalue weighted by Gasteiger charge is 2.48. The Morgan fingerprint density at radius 1 is 0.293 bits per heavy atom. The lowest BCUT2D eigenvalue weighted by molar-refractivity contribution is 0.590. The Balaban J connectivity index is 1.07. The van der Waals surface area contributed by atoms with E-state index in [1.807, 2.05) is 0 Å². The number of nitrogens with zero attached hydrogens (tertiary/aromatic N) is 5. The van der Waals surface area contributed by atoms with Gasteiger partial charge in [0, 0.05) is 61.4 Å². The van der Waals surface area contributed by atoms with Gasteiger partial charge in [0.15, 0.2) is 0 Å². The largest absolute Gasteiger partial charge is 0.311 e. The zero-order chi connectivity index (χ0) is 63.9. The maximum atomic E-state index is 2.72. The molecule has 2 aromatic heterocycles. The number of benzene rings is 11. The maximum Gasteiger partial charge on any atom is 0.252 e. The van der Waals surface area contributed by atoms with Crippen molar-refractivity contribution in [2.24, 2.45) is 0 Å². The molecule has 3 aliphatic heterocycles. The molecule has 0 amide bonds. The number of hydrogen-bond donors (Lipinski definition) is 0. The molecule has 5 nitrogen and oxygen atoms in total. The van der Waals surface area contributed by atoms with Crippen LogP contribution in [0.5, 0.6) is 0 Å². The van der Waals surface area contributed by atoms with Gasteiger partial charge in [-0.1, -0.05) is 213 Å². The van der Waals surface area contributed by atoms with Gasteiger partial charge < -0.3 is 23.8 Å². The Morgan fingerprint density at radius 2 is 0.728 bits per heavy atom. The van der Waals surface area contributed by atoms with Crippen LogP contribution in [-0.2, 0) is 27.1 Å². The van der Waals surface area contributed by atoms with Crippen LogP contribution in [0.2, 0.25) is 0 Å². The van der Waals surface area contributed by atoms with E-state index in [4.69, 9.17) is 0 Å². The molecule has 0 fully saturated rings. The first kappa shape index (κ1) is 57.6. The SMILES string of the molecule is CC(C)(C)c1cc2c3c(c1)-n1c4ccc(C(C)(C)C)cc4c4cc(C(C)(C)C)cc(c41)N3c1cc(N(c3ccccc3)c3ccccc3)cc3c1B2c1ccc(-n2c4ccc(C(C)(C)C)cc4c4cc(C(C)(C)C)ccc42)cc1N3c1ccc(-c2ccccc2)cc1. The molecular formula is C86H82BN5. The van der Waals surface area contributed by atoms with E-state index in [0.29, 0.717) is 0 Å². The molecule has 11 aromatic carbocycles. The molecule has 0 radical (unpaired) electrons. The summed E-state index contributed by atoms with van der Waals surface area (Å²) in [6.45, 7) is 35.2. The van der Waals surface area contributed by atoms with Crippen molar-refractivity contribution in [1.29, 1.82) is 0 Å². The fourth-order valence-electron chi connectivity index (χ4n) is 15.2. The van der Waals surface area contributed by atoms with Crippen LogP contribution >= 0.6 is 0 Å². The zero-order valence-corrected chi connectivity index (χ0v) is 56.2. The Morgan fingerprint density at radius 3 is 1.25 bits per heavy atom. The monoisotopic (exact) mass is 1200 g/mol. The molecule has 0 N–H and O–H groups in total. The third-order valence-corrected chi connectivity index (χ3v) is 20.3. The van der Waals surface area contributed by atoms with Gasteiger partial charge >= 0.3 is 0 Å². The van der Waals surface area contributed by atoms with E-state index in [2.05, 4.69) is 352 Å². The number of anilines is 9. The average Bonchev–Trinajstić information content (AvgIpc) is 1.16. The second-order valence-electron chi connectivity index (χ2n) is 31.6. The summed E-state index contributed by atoms with van der Waals surface area (Å²) < 4.78 is 5.21. The van der Waals surface area contributed by atoms with Crippen molar-refractivity contribution in [2.45, 2.75) is 131 Å². The van der Waals surface area contributed by atoms with Crippen molar-refractivity contribution in [3.63, 3.8) is 0 Å². The second-order valence-corrected chi connectivity index (χ2v) is 31.6. The summed E-state index contributed by atoms with van der Waals surface area (Å²) in [5, 5.41) is 5.14. The molecule has 6 heteroatoms. The molecule has 13 aromatic rings. The summed E-state index contributed by atoms with van der Waals surface area (Å²) in [5.74, 6) is 0. The Labute approximate surface area is 544 Å². The molecule has 0 saturated heterocycles. The number of fused-ring (bicyclic) bond motifs is 12. The summed E-state index contributed by atoms with van der Waals surface area (Å²) in [6, 6.07) is 86.6. The Kier molecular flexibility index (Phi) is 12.5. The van der Waals surface area contributed by atoms with Gasteiger partial charge in [-0.25, -0.2) is 0 Å². The lowest BCUT2D eigenvalue weighted by atomic mass is 9.33.